The smallest absolute Gasteiger partial charge is 0.0536 e. The molecule has 0 amide bonds. The van der Waals surface area contributed by atoms with Crippen molar-refractivity contribution in [2.45, 2.75) is 89.9 Å². The molecule has 0 aromatic heterocycles. The number of halogens is 1. The molecule has 0 saturated heterocycles. The summed E-state index contributed by atoms with van der Waals surface area (Å²) in [5.74, 6) is 0.874. The molecule has 2 heteroatoms. The Kier molecular flexibility index (Phi) is 11.9. The Labute approximate surface area is 116 Å². The van der Waals surface area contributed by atoms with Crippen molar-refractivity contribution in [2.75, 3.05) is 5.88 Å². The van der Waals surface area contributed by atoms with Crippen LogP contribution in [-0.2, 0) is 0 Å². The first-order valence-corrected chi connectivity index (χ1v) is 11.2. The van der Waals surface area contributed by atoms with E-state index in [2.05, 4.69) is 20.8 Å². The van der Waals surface area contributed by atoms with E-state index in [4.69, 9.17) is 11.6 Å². The van der Waals surface area contributed by atoms with Crippen LogP contribution in [0.15, 0.2) is 0 Å². The Morgan fingerprint density at radius 1 is 0.647 bits per heavy atom. The second-order valence-electron chi connectivity index (χ2n) is 5.60. The summed E-state index contributed by atoms with van der Waals surface area (Å²) in [6.45, 7) is 7.00. The maximum absolute atomic E-state index is 5.93. The molecule has 0 heterocycles. The van der Waals surface area contributed by atoms with E-state index in [-0.39, 0.29) is 0 Å². The molecule has 0 aliphatic carbocycles. The van der Waals surface area contributed by atoms with Crippen LogP contribution in [-0.4, -0.2) is 14.0 Å². The number of unbranched alkanes of at least 4 members (excludes halogenated alkanes) is 3. The zero-order chi connectivity index (χ0) is 13.0. The first-order chi connectivity index (χ1) is 8.24. The van der Waals surface area contributed by atoms with E-state index in [1.54, 1.807) is 18.1 Å². The molecule has 0 spiro atoms. The Morgan fingerprint density at radius 2 is 1.00 bits per heavy atom. The summed E-state index contributed by atoms with van der Waals surface area (Å²) in [6, 6.07) is 6.21. The largest absolute Gasteiger partial charge is 0.127 e. The van der Waals surface area contributed by atoms with Gasteiger partial charge in [0.1, 0.15) is 0 Å². The second kappa shape index (κ2) is 11.6. The van der Waals surface area contributed by atoms with E-state index in [0.29, 0.717) is 0 Å². The first-order valence-electron chi connectivity index (χ1n) is 7.80. The summed E-state index contributed by atoms with van der Waals surface area (Å²) in [5, 5.41) is 0. The monoisotopic (exact) mass is 276 g/mol. The molecule has 0 aromatic carbocycles. The standard InChI is InChI=1S/C15H33ClSi/c1-4-7-12-17(13-8-5-2,14-9-6-3)15-10-11-16/h4-15H2,1-3H3. The Hall–Kier alpha value is 0.507. The van der Waals surface area contributed by atoms with Crippen LogP contribution >= 0.6 is 11.6 Å². The summed E-state index contributed by atoms with van der Waals surface area (Å²) in [5.41, 5.74) is 0. The van der Waals surface area contributed by atoms with Gasteiger partial charge in [-0.3, -0.25) is 0 Å². The predicted molar refractivity (Wildman–Crippen MR) is 85.0 cm³/mol. The lowest BCUT2D eigenvalue weighted by Gasteiger charge is -2.32. The highest BCUT2D eigenvalue weighted by Gasteiger charge is 2.29. The maximum Gasteiger partial charge on any atom is 0.0536 e. The summed E-state index contributed by atoms with van der Waals surface area (Å²) in [7, 11) is -0.964. The number of rotatable bonds is 12. The van der Waals surface area contributed by atoms with Gasteiger partial charge in [0.2, 0.25) is 0 Å². The molecule has 0 rings (SSSR count). The average Bonchev–Trinajstić information content (AvgIpc) is 2.37. The molecule has 0 atom stereocenters. The summed E-state index contributed by atoms with van der Waals surface area (Å²) in [6.07, 6.45) is 9.76. The first kappa shape index (κ1) is 17.5. The fourth-order valence-corrected chi connectivity index (χ4v) is 8.94. The molecule has 0 fully saturated rings. The van der Waals surface area contributed by atoms with Crippen LogP contribution in [0, 0.1) is 0 Å². The topological polar surface area (TPSA) is 0 Å². The minimum Gasteiger partial charge on any atom is -0.127 e. The van der Waals surface area contributed by atoms with E-state index < -0.39 is 8.07 Å². The van der Waals surface area contributed by atoms with Crippen molar-refractivity contribution in [2.24, 2.45) is 0 Å². The summed E-state index contributed by atoms with van der Waals surface area (Å²) >= 11 is 5.93. The third-order valence-electron chi connectivity index (χ3n) is 4.02. The van der Waals surface area contributed by atoms with Gasteiger partial charge in [0, 0.05) is 5.88 Å². The van der Waals surface area contributed by atoms with Gasteiger partial charge in [-0.15, -0.1) is 11.6 Å². The lowest BCUT2D eigenvalue weighted by atomic mass is 10.4. The van der Waals surface area contributed by atoms with Crippen molar-refractivity contribution in [3.05, 3.63) is 0 Å². The van der Waals surface area contributed by atoms with Gasteiger partial charge < -0.3 is 0 Å². The highest BCUT2D eigenvalue weighted by molar-refractivity contribution is 6.79. The van der Waals surface area contributed by atoms with Crippen LogP contribution < -0.4 is 0 Å². The molecule has 17 heavy (non-hydrogen) atoms. The molecule has 0 aromatic rings. The van der Waals surface area contributed by atoms with Crippen LogP contribution in [0.4, 0.5) is 0 Å². The third kappa shape index (κ3) is 8.26. The molecule has 0 radical (unpaired) electrons. The van der Waals surface area contributed by atoms with Crippen molar-refractivity contribution in [1.82, 2.24) is 0 Å². The van der Waals surface area contributed by atoms with Gasteiger partial charge in [-0.2, -0.15) is 0 Å². The van der Waals surface area contributed by atoms with Gasteiger partial charge >= 0.3 is 0 Å². The SMILES string of the molecule is CCCC[Si](CCCC)(CCCC)CCCCl. The van der Waals surface area contributed by atoms with Crippen LogP contribution in [0.3, 0.4) is 0 Å². The van der Waals surface area contributed by atoms with Crippen molar-refractivity contribution < 1.29 is 0 Å². The van der Waals surface area contributed by atoms with Crippen molar-refractivity contribution in [1.29, 1.82) is 0 Å². The quantitative estimate of drug-likeness (QED) is 0.283. The normalized spacial score (nSPS) is 12.0. The fraction of sp³-hybridized carbons (Fsp3) is 1.00. The zero-order valence-electron chi connectivity index (χ0n) is 12.4. The molecule has 0 bridgehead atoms. The third-order valence-corrected chi connectivity index (χ3v) is 9.95. The number of alkyl halides is 1. The number of hydrogen-bond acceptors (Lipinski definition) is 0. The van der Waals surface area contributed by atoms with E-state index in [0.717, 1.165) is 5.88 Å². The lowest BCUT2D eigenvalue weighted by Crippen LogP contribution is -2.33. The van der Waals surface area contributed by atoms with Crippen molar-refractivity contribution in [3.63, 3.8) is 0 Å². The van der Waals surface area contributed by atoms with E-state index >= 15 is 0 Å². The minimum atomic E-state index is -0.964. The van der Waals surface area contributed by atoms with E-state index in [1.165, 1.54) is 51.0 Å². The van der Waals surface area contributed by atoms with Crippen LogP contribution in [0.2, 0.25) is 24.2 Å². The summed E-state index contributed by atoms with van der Waals surface area (Å²) in [4.78, 5) is 0. The molecule has 104 valence electrons. The number of hydrogen-bond donors (Lipinski definition) is 0. The Balaban J connectivity index is 4.39. The van der Waals surface area contributed by atoms with Gasteiger partial charge in [-0.25, -0.2) is 0 Å². The maximum atomic E-state index is 5.93. The lowest BCUT2D eigenvalue weighted by molar-refractivity contribution is 0.778. The van der Waals surface area contributed by atoms with Gasteiger partial charge in [0.15, 0.2) is 0 Å². The molecule has 0 aliphatic rings. The van der Waals surface area contributed by atoms with Crippen molar-refractivity contribution >= 4 is 19.7 Å². The van der Waals surface area contributed by atoms with Crippen LogP contribution in [0.25, 0.3) is 0 Å². The molecule has 0 nitrogen and oxygen atoms in total. The Bertz CT molecular complexity index is 121. The molecule has 0 saturated carbocycles. The highest BCUT2D eigenvalue weighted by atomic mass is 35.5. The summed E-state index contributed by atoms with van der Waals surface area (Å²) < 4.78 is 0. The minimum absolute atomic E-state index is 0.874. The fourth-order valence-electron chi connectivity index (χ4n) is 2.85. The molecule has 0 aliphatic heterocycles. The Morgan fingerprint density at radius 3 is 1.29 bits per heavy atom. The van der Waals surface area contributed by atoms with Gasteiger partial charge in [-0.05, 0) is 6.42 Å². The molecular formula is C15H33ClSi. The van der Waals surface area contributed by atoms with Gasteiger partial charge in [0.05, 0.1) is 8.07 Å². The molecule has 0 unspecified atom stereocenters. The molecular weight excluding hydrogens is 244 g/mol. The van der Waals surface area contributed by atoms with Crippen LogP contribution in [0.1, 0.15) is 65.7 Å². The van der Waals surface area contributed by atoms with E-state index in [9.17, 15) is 0 Å². The average molecular weight is 277 g/mol. The van der Waals surface area contributed by atoms with Gasteiger partial charge in [0.25, 0.3) is 0 Å². The van der Waals surface area contributed by atoms with Crippen molar-refractivity contribution in [3.8, 4) is 0 Å². The highest BCUT2D eigenvalue weighted by Crippen LogP contribution is 2.33. The zero-order valence-corrected chi connectivity index (χ0v) is 14.1. The van der Waals surface area contributed by atoms with E-state index in [1.807, 2.05) is 0 Å². The predicted octanol–water partition coefficient (Wildman–Crippen LogP) is 6.46. The second-order valence-corrected chi connectivity index (χ2v) is 11.0. The van der Waals surface area contributed by atoms with Gasteiger partial charge in [-0.1, -0.05) is 83.5 Å². The van der Waals surface area contributed by atoms with Crippen LogP contribution in [0.5, 0.6) is 0 Å². The molecule has 0 N–H and O–H groups in total.